The standard InChI is InChI=1S/C16H17FN4O/c1-10-16(22)20(8-11-3-2-4-13(17)7-11)9-14-18-19-15(21(10)14)12-5-6-12/h2-4,7,10,12H,5-6,8-9H2,1H3/t10-/m0/s1. The van der Waals surface area contributed by atoms with Crippen LogP contribution in [0.25, 0.3) is 0 Å². The van der Waals surface area contributed by atoms with Gasteiger partial charge in [-0.1, -0.05) is 12.1 Å². The van der Waals surface area contributed by atoms with Crippen molar-refractivity contribution in [1.29, 1.82) is 0 Å². The van der Waals surface area contributed by atoms with Crippen LogP contribution in [-0.2, 0) is 17.9 Å². The third-order valence-corrected chi connectivity index (χ3v) is 4.39. The Hall–Kier alpha value is -2.24. The summed E-state index contributed by atoms with van der Waals surface area (Å²) in [7, 11) is 0. The lowest BCUT2D eigenvalue weighted by Gasteiger charge is -2.32. The molecule has 1 aromatic carbocycles. The van der Waals surface area contributed by atoms with Gasteiger partial charge >= 0.3 is 0 Å². The highest BCUT2D eigenvalue weighted by atomic mass is 19.1. The number of benzene rings is 1. The van der Waals surface area contributed by atoms with Crippen molar-refractivity contribution in [2.75, 3.05) is 0 Å². The number of carbonyl (C=O) groups excluding carboxylic acids is 1. The number of hydrogen-bond acceptors (Lipinski definition) is 3. The van der Waals surface area contributed by atoms with Gasteiger partial charge in [0.15, 0.2) is 5.82 Å². The molecule has 1 saturated carbocycles. The number of carbonyl (C=O) groups is 1. The summed E-state index contributed by atoms with van der Waals surface area (Å²) in [5.74, 6) is 1.99. The maximum Gasteiger partial charge on any atom is 0.246 e. The fraction of sp³-hybridized carbons (Fsp3) is 0.438. The maximum absolute atomic E-state index is 13.3. The first-order chi connectivity index (χ1) is 10.6. The molecule has 1 aliphatic carbocycles. The van der Waals surface area contributed by atoms with E-state index in [1.165, 1.54) is 12.1 Å². The molecule has 1 atom stereocenters. The summed E-state index contributed by atoms with van der Waals surface area (Å²) >= 11 is 0. The minimum atomic E-state index is -0.289. The van der Waals surface area contributed by atoms with Crippen LogP contribution in [0, 0.1) is 5.82 Å². The highest BCUT2D eigenvalue weighted by Crippen LogP contribution is 2.41. The molecule has 5 nitrogen and oxygen atoms in total. The Morgan fingerprint density at radius 3 is 2.86 bits per heavy atom. The average Bonchev–Trinajstić information content (AvgIpc) is 3.25. The first-order valence-electron chi connectivity index (χ1n) is 7.60. The van der Waals surface area contributed by atoms with Crippen molar-refractivity contribution in [2.45, 2.75) is 44.8 Å². The molecule has 2 aromatic rings. The lowest BCUT2D eigenvalue weighted by atomic mass is 10.1. The highest BCUT2D eigenvalue weighted by Gasteiger charge is 2.37. The second kappa shape index (κ2) is 4.90. The van der Waals surface area contributed by atoms with Gasteiger partial charge in [0.25, 0.3) is 0 Å². The van der Waals surface area contributed by atoms with E-state index < -0.39 is 0 Å². The number of halogens is 1. The van der Waals surface area contributed by atoms with Gasteiger partial charge in [0.05, 0.1) is 6.54 Å². The van der Waals surface area contributed by atoms with Crippen molar-refractivity contribution in [3.63, 3.8) is 0 Å². The van der Waals surface area contributed by atoms with E-state index in [1.807, 2.05) is 17.6 Å². The second-order valence-electron chi connectivity index (χ2n) is 6.12. The Bertz CT molecular complexity index is 737. The number of rotatable bonds is 3. The van der Waals surface area contributed by atoms with Gasteiger partial charge in [0, 0.05) is 12.5 Å². The zero-order valence-corrected chi connectivity index (χ0v) is 12.4. The molecule has 22 heavy (non-hydrogen) atoms. The summed E-state index contributed by atoms with van der Waals surface area (Å²) in [6, 6.07) is 6.07. The van der Waals surface area contributed by atoms with Gasteiger partial charge in [-0.25, -0.2) is 4.39 Å². The van der Waals surface area contributed by atoms with Gasteiger partial charge in [0.1, 0.15) is 17.7 Å². The van der Waals surface area contributed by atoms with Gasteiger partial charge in [-0.3, -0.25) is 4.79 Å². The van der Waals surface area contributed by atoms with Crippen molar-refractivity contribution in [3.8, 4) is 0 Å². The molecule has 0 unspecified atom stereocenters. The Kier molecular flexibility index (Phi) is 2.99. The third kappa shape index (κ3) is 2.19. The lowest BCUT2D eigenvalue weighted by molar-refractivity contribution is -0.137. The Balaban J connectivity index is 1.61. The molecule has 0 spiro atoms. The normalized spacial score (nSPS) is 21.1. The number of amides is 1. The van der Waals surface area contributed by atoms with E-state index in [2.05, 4.69) is 10.2 Å². The zero-order valence-electron chi connectivity index (χ0n) is 12.4. The predicted molar refractivity (Wildman–Crippen MR) is 77.4 cm³/mol. The van der Waals surface area contributed by atoms with Gasteiger partial charge in [-0.2, -0.15) is 0 Å². The third-order valence-electron chi connectivity index (χ3n) is 4.39. The Morgan fingerprint density at radius 1 is 1.32 bits per heavy atom. The summed E-state index contributed by atoms with van der Waals surface area (Å²) in [5.41, 5.74) is 0.788. The minimum Gasteiger partial charge on any atom is -0.329 e. The topological polar surface area (TPSA) is 51.0 Å². The SMILES string of the molecule is C[C@H]1C(=O)N(Cc2cccc(F)c2)Cc2nnc(C3CC3)n21. The Morgan fingerprint density at radius 2 is 2.14 bits per heavy atom. The summed E-state index contributed by atoms with van der Waals surface area (Å²) in [6.07, 6.45) is 2.26. The molecule has 1 aromatic heterocycles. The zero-order chi connectivity index (χ0) is 15.3. The summed E-state index contributed by atoms with van der Waals surface area (Å²) in [6.45, 7) is 2.71. The maximum atomic E-state index is 13.3. The lowest BCUT2D eigenvalue weighted by Crippen LogP contribution is -2.41. The largest absolute Gasteiger partial charge is 0.329 e. The quantitative estimate of drug-likeness (QED) is 0.874. The Labute approximate surface area is 127 Å². The van der Waals surface area contributed by atoms with Crippen molar-refractivity contribution < 1.29 is 9.18 Å². The van der Waals surface area contributed by atoms with Crippen LogP contribution >= 0.6 is 0 Å². The van der Waals surface area contributed by atoms with Crippen LogP contribution in [0.3, 0.4) is 0 Å². The fourth-order valence-electron chi connectivity index (χ4n) is 3.10. The monoisotopic (exact) mass is 300 g/mol. The molecule has 1 fully saturated rings. The van der Waals surface area contributed by atoms with Gasteiger partial charge < -0.3 is 9.47 Å². The molecular weight excluding hydrogens is 283 g/mol. The van der Waals surface area contributed by atoms with E-state index in [1.54, 1.807) is 11.0 Å². The molecular formula is C16H17FN4O. The highest BCUT2D eigenvalue weighted by molar-refractivity contribution is 5.81. The van der Waals surface area contributed by atoms with Crippen molar-refractivity contribution >= 4 is 5.91 Å². The average molecular weight is 300 g/mol. The van der Waals surface area contributed by atoms with Gasteiger partial charge in [0.2, 0.25) is 5.91 Å². The summed E-state index contributed by atoms with van der Waals surface area (Å²) in [4.78, 5) is 14.3. The van der Waals surface area contributed by atoms with Crippen LogP contribution in [0.5, 0.6) is 0 Å². The molecule has 1 amide bonds. The predicted octanol–water partition coefficient (Wildman–Crippen LogP) is 2.40. The first kappa shape index (κ1) is 13.4. The fourth-order valence-corrected chi connectivity index (χ4v) is 3.10. The molecule has 0 saturated heterocycles. The van der Waals surface area contributed by atoms with Crippen LogP contribution in [0.4, 0.5) is 4.39 Å². The second-order valence-corrected chi connectivity index (χ2v) is 6.12. The smallest absolute Gasteiger partial charge is 0.246 e. The number of nitrogens with zero attached hydrogens (tertiary/aromatic N) is 4. The summed E-state index contributed by atoms with van der Waals surface area (Å²) < 4.78 is 15.3. The molecule has 0 N–H and O–H groups in total. The van der Waals surface area contributed by atoms with E-state index >= 15 is 0 Å². The van der Waals surface area contributed by atoms with Crippen LogP contribution in [0.15, 0.2) is 24.3 Å². The van der Waals surface area contributed by atoms with E-state index in [0.29, 0.717) is 19.0 Å². The van der Waals surface area contributed by atoms with Crippen LogP contribution in [-0.4, -0.2) is 25.6 Å². The molecule has 6 heteroatoms. The van der Waals surface area contributed by atoms with E-state index in [-0.39, 0.29) is 17.8 Å². The number of aromatic nitrogens is 3. The molecule has 2 heterocycles. The minimum absolute atomic E-state index is 0.0402. The van der Waals surface area contributed by atoms with Crippen molar-refractivity contribution in [3.05, 3.63) is 47.3 Å². The molecule has 0 bridgehead atoms. The molecule has 1 aliphatic heterocycles. The van der Waals surface area contributed by atoms with Gasteiger partial charge in [-0.15, -0.1) is 10.2 Å². The van der Waals surface area contributed by atoms with Crippen molar-refractivity contribution in [2.24, 2.45) is 0 Å². The van der Waals surface area contributed by atoms with E-state index in [9.17, 15) is 9.18 Å². The van der Waals surface area contributed by atoms with E-state index in [4.69, 9.17) is 0 Å². The molecule has 4 rings (SSSR count). The molecule has 2 aliphatic rings. The summed E-state index contributed by atoms with van der Waals surface area (Å²) in [5, 5.41) is 8.53. The van der Waals surface area contributed by atoms with Crippen molar-refractivity contribution in [1.82, 2.24) is 19.7 Å². The molecule has 114 valence electrons. The van der Waals surface area contributed by atoms with Crippen LogP contribution in [0.1, 0.15) is 48.9 Å². The van der Waals surface area contributed by atoms with Gasteiger partial charge in [-0.05, 0) is 37.5 Å². The number of fused-ring (bicyclic) bond motifs is 1. The molecule has 0 radical (unpaired) electrons. The number of hydrogen-bond donors (Lipinski definition) is 0. The first-order valence-corrected chi connectivity index (χ1v) is 7.60. The van der Waals surface area contributed by atoms with Crippen LogP contribution in [0.2, 0.25) is 0 Å². The van der Waals surface area contributed by atoms with E-state index in [0.717, 1.165) is 30.1 Å². The van der Waals surface area contributed by atoms with Crippen LogP contribution < -0.4 is 0 Å².